The average molecular weight is 383 g/mol. The third kappa shape index (κ3) is 6.99. The molecule has 0 radical (unpaired) electrons. The molecular weight excluding hydrogens is 362 g/mol. The van der Waals surface area contributed by atoms with Crippen molar-refractivity contribution in [1.82, 2.24) is 5.32 Å². The summed E-state index contributed by atoms with van der Waals surface area (Å²) in [6.07, 6.45) is 6.12. The molecule has 2 N–H and O–H groups in total. The Morgan fingerprint density at radius 2 is 1.96 bits per heavy atom. The van der Waals surface area contributed by atoms with Crippen molar-refractivity contribution in [3.8, 4) is 0 Å². The third-order valence-corrected chi connectivity index (χ3v) is 3.98. The molecule has 6 nitrogen and oxygen atoms in total. The first-order valence-corrected chi connectivity index (χ1v) is 9.02. The van der Waals surface area contributed by atoms with Gasteiger partial charge in [0, 0.05) is 23.9 Å². The van der Waals surface area contributed by atoms with E-state index >= 15 is 0 Å². The molecule has 2 aromatic carbocycles. The number of benzene rings is 2. The smallest absolute Gasteiger partial charge is 0.270 e. The highest BCUT2D eigenvalue weighted by Crippen LogP contribution is 2.14. The van der Waals surface area contributed by atoms with Crippen molar-refractivity contribution >= 4 is 40.7 Å². The Bertz CT molecular complexity index is 848. The van der Waals surface area contributed by atoms with Crippen molar-refractivity contribution in [2.75, 3.05) is 5.32 Å². The molecule has 27 heavy (non-hydrogen) atoms. The lowest BCUT2D eigenvalue weighted by Gasteiger charge is -2.09. The number of unbranched alkanes of at least 4 members (excludes halogenated alkanes) is 1. The summed E-state index contributed by atoms with van der Waals surface area (Å²) in [4.78, 5) is 22.2. The summed E-state index contributed by atoms with van der Waals surface area (Å²) in [5, 5.41) is 16.4. The number of hydrogen-bond donors (Lipinski definition) is 2. The molecule has 7 heteroatoms. The van der Waals surface area contributed by atoms with Gasteiger partial charge in [0.15, 0.2) is 5.11 Å². The van der Waals surface area contributed by atoms with Gasteiger partial charge in [-0.25, -0.2) is 0 Å². The molecular formula is C20H21N3O3S. The first-order valence-electron chi connectivity index (χ1n) is 8.61. The topological polar surface area (TPSA) is 84.3 Å². The minimum atomic E-state index is -0.482. The van der Waals surface area contributed by atoms with Crippen LogP contribution in [0.25, 0.3) is 6.08 Å². The van der Waals surface area contributed by atoms with Crippen LogP contribution < -0.4 is 10.6 Å². The molecule has 0 saturated heterocycles. The molecule has 0 fully saturated rings. The van der Waals surface area contributed by atoms with E-state index in [-0.39, 0.29) is 10.8 Å². The van der Waals surface area contributed by atoms with E-state index in [1.807, 2.05) is 24.3 Å². The zero-order chi connectivity index (χ0) is 19.6. The molecule has 0 aliphatic heterocycles. The lowest BCUT2D eigenvalue weighted by atomic mass is 10.1. The van der Waals surface area contributed by atoms with Crippen LogP contribution in [0.4, 0.5) is 11.4 Å². The van der Waals surface area contributed by atoms with Gasteiger partial charge < -0.3 is 5.32 Å². The van der Waals surface area contributed by atoms with Gasteiger partial charge in [0.1, 0.15) is 0 Å². The Hall–Kier alpha value is -3.06. The van der Waals surface area contributed by atoms with Crippen LogP contribution in [0.1, 0.15) is 30.9 Å². The normalized spacial score (nSPS) is 10.6. The van der Waals surface area contributed by atoms with Gasteiger partial charge in [0.05, 0.1) is 4.92 Å². The molecule has 1 amide bonds. The number of non-ortho nitro benzene ring substituents is 1. The van der Waals surface area contributed by atoms with E-state index in [2.05, 4.69) is 17.6 Å². The summed E-state index contributed by atoms with van der Waals surface area (Å²) < 4.78 is 0. The third-order valence-electron chi connectivity index (χ3n) is 3.78. The number of aryl methyl sites for hydroxylation is 1. The summed E-state index contributed by atoms with van der Waals surface area (Å²) in [6.45, 7) is 2.16. The second-order valence-corrected chi connectivity index (χ2v) is 6.34. The fourth-order valence-corrected chi connectivity index (χ4v) is 2.58. The number of amides is 1. The van der Waals surface area contributed by atoms with Crippen LogP contribution in [0.2, 0.25) is 0 Å². The summed E-state index contributed by atoms with van der Waals surface area (Å²) >= 11 is 5.13. The number of nitro benzene ring substituents is 1. The maximum absolute atomic E-state index is 11.9. The number of anilines is 1. The van der Waals surface area contributed by atoms with Crippen molar-refractivity contribution in [3.63, 3.8) is 0 Å². The molecule has 0 aliphatic carbocycles. The molecule has 0 bridgehead atoms. The minimum Gasteiger partial charge on any atom is -0.332 e. The highest BCUT2D eigenvalue weighted by molar-refractivity contribution is 7.80. The quantitative estimate of drug-likeness (QED) is 0.319. The monoisotopic (exact) mass is 383 g/mol. The molecule has 0 atom stereocenters. The van der Waals surface area contributed by atoms with E-state index < -0.39 is 10.8 Å². The number of nitrogens with one attached hydrogen (secondary N) is 2. The number of rotatable bonds is 7. The maximum Gasteiger partial charge on any atom is 0.270 e. The summed E-state index contributed by atoms with van der Waals surface area (Å²) in [5.41, 5.74) is 2.58. The predicted octanol–water partition coefficient (Wildman–Crippen LogP) is 4.46. The van der Waals surface area contributed by atoms with E-state index in [1.165, 1.54) is 29.8 Å². The van der Waals surface area contributed by atoms with Crippen molar-refractivity contribution in [2.45, 2.75) is 26.2 Å². The molecule has 140 valence electrons. The maximum atomic E-state index is 11.9. The van der Waals surface area contributed by atoms with Gasteiger partial charge in [-0.15, -0.1) is 0 Å². The SMILES string of the molecule is CCCCc1ccc(NC(=S)NC(=O)C=Cc2cccc([N+](=O)[O-])c2)cc1. The lowest BCUT2D eigenvalue weighted by Crippen LogP contribution is -2.32. The van der Waals surface area contributed by atoms with Crippen LogP contribution in [-0.4, -0.2) is 15.9 Å². The van der Waals surface area contributed by atoms with E-state index in [0.717, 1.165) is 24.9 Å². The predicted molar refractivity (Wildman–Crippen MR) is 112 cm³/mol. The van der Waals surface area contributed by atoms with Crippen LogP contribution >= 0.6 is 12.2 Å². The van der Waals surface area contributed by atoms with Gasteiger partial charge >= 0.3 is 0 Å². The zero-order valence-electron chi connectivity index (χ0n) is 15.0. The van der Waals surface area contributed by atoms with Gasteiger partial charge in [-0.05, 0) is 54.4 Å². The van der Waals surface area contributed by atoms with Gasteiger partial charge in [0.25, 0.3) is 5.69 Å². The summed E-state index contributed by atoms with van der Waals surface area (Å²) in [6, 6.07) is 13.9. The fourth-order valence-electron chi connectivity index (χ4n) is 2.37. The number of carbonyl (C=O) groups is 1. The molecule has 0 spiro atoms. The van der Waals surface area contributed by atoms with Gasteiger partial charge in [-0.2, -0.15) is 0 Å². The molecule has 0 heterocycles. The molecule has 0 aromatic heterocycles. The van der Waals surface area contributed by atoms with E-state index in [1.54, 1.807) is 12.1 Å². The molecule has 2 aromatic rings. The molecule has 0 unspecified atom stereocenters. The number of hydrogen-bond acceptors (Lipinski definition) is 4. The van der Waals surface area contributed by atoms with Gasteiger partial charge in [-0.1, -0.05) is 37.6 Å². The highest BCUT2D eigenvalue weighted by Gasteiger charge is 2.05. The number of nitro groups is 1. The molecule has 2 rings (SSSR count). The first-order chi connectivity index (χ1) is 13.0. The Morgan fingerprint density at radius 1 is 1.22 bits per heavy atom. The van der Waals surface area contributed by atoms with Crippen molar-refractivity contribution in [3.05, 3.63) is 75.8 Å². The van der Waals surface area contributed by atoms with Crippen molar-refractivity contribution < 1.29 is 9.72 Å². The standard InChI is InChI=1S/C20H21N3O3S/c1-2-3-5-15-8-11-17(12-9-15)21-20(27)22-19(24)13-10-16-6-4-7-18(14-16)23(25)26/h4,6-14H,2-3,5H2,1H3,(H2,21,22,24,27). The Labute approximate surface area is 163 Å². The first kappa shape index (κ1) is 20.3. The lowest BCUT2D eigenvalue weighted by molar-refractivity contribution is -0.384. The Kier molecular flexibility index (Phi) is 7.63. The zero-order valence-corrected chi connectivity index (χ0v) is 15.8. The summed E-state index contributed by atoms with van der Waals surface area (Å²) in [7, 11) is 0. The second-order valence-electron chi connectivity index (χ2n) is 5.93. The van der Waals surface area contributed by atoms with Crippen LogP contribution in [0.3, 0.4) is 0 Å². The van der Waals surface area contributed by atoms with Gasteiger partial charge in [0.2, 0.25) is 5.91 Å². The summed E-state index contributed by atoms with van der Waals surface area (Å²) in [5.74, 6) is -0.418. The van der Waals surface area contributed by atoms with E-state index in [0.29, 0.717) is 5.56 Å². The molecule has 0 saturated carbocycles. The Balaban J connectivity index is 1.87. The van der Waals surface area contributed by atoms with E-state index in [4.69, 9.17) is 12.2 Å². The van der Waals surface area contributed by atoms with E-state index in [9.17, 15) is 14.9 Å². The van der Waals surface area contributed by atoms with Crippen LogP contribution in [0, 0.1) is 10.1 Å². The van der Waals surface area contributed by atoms with Gasteiger partial charge in [-0.3, -0.25) is 20.2 Å². The molecule has 0 aliphatic rings. The fraction of sp³-hybridized carbons (Fsp3) is 0.200. The van der Waals surface area contributed by atoms with Crippen LogP contribution in [-0.2, 0) is 11.2 Å². The van der Waals surface area contributed by atoms with Crippen LogP contribution in [0.5, 0.6) is 0 Å². The largest absolute Gasteiger partial charge is 0.332 e. The highest BCUT2D eigenvalue weighted by atomic mass is 32.1. The second kappa shape index (κ2) is 10.2. The minimum absolute atomic E-state index is 0.0304. The Morgan fingerprint density at radius 3 is 2.63 bits per heavy atom. The van der Waals surface area contributed by atoms with Crippen LogP contribution in [0.15, 0.2) is 54.6 Å². The average Bonchev–Trinajstić information content (AvgIpc) is 2.66. The number of carbonyl (C=O) groups excluding carboxylic acids is 1. The van der Waals surface area contributed by atoms with Crippen molar-refractivity contribution in [2.24, 2.45) is 0 Å². The van der Waals surface area contributed by atoms with Crippen molar-refractivity contribution in [1.29, 1.82) is 0 Å². The number of thiocarbonyl (C=S) groups is 1. The number of nitrogens with zero attached hydrogens (tertiary/aromatic N) is 1.